The first-order chi connectivity index (χ1) is 9.15. The van der Waals surface area contributed by atoms with Crippen LogP contribution >= 0.6 is 24.0 Å². The van der Waals surface area contributed by atoms with E-state index in [2.05, 4.69) is 10.6 Å². The van der Waals surface area contributed by atoms with Crippen LogP contribution in [0.2, 0.25) is 5.02 Å². The lowest BCUT2D eigenvalue weighted by Crippen LogP contribution is -2.26. The van der Waals surface area contributed by atoms with Gasteiger partial charge in [0.1, 0.15) is 0 Å². The summed E-state index contributed by atoms with van der Waals surface area (Å²) < 4.78 is 5.59. The van der Waals surface area contributed by atoms with Crippen LogP contribution in [-0.2, 0) is 0 Å². The molecule has 2 aromatic rings. The third kappa shape index (κ3) is 3.45. The lowest BCUT2D eigenvalue weighted by Gasteiger charge is -2.03. The predicted octanol–water partition coefficient (Wildman–Crippen LogP) is 3.16. The van der Waals surface area contributed by atoms with Gasteiger partial charge in [0.05, 0.1) is 5.02 Å². The summed E-state index contributed by atoms with van der Waals surface area (Å²) >= 11 is 6.06. The summed E-state index contributed by atoms with van der Waals surface area (Å²) in [6.07, 6.45) is 0.877. The highest BCUT2D eigenvalue weighted by Crippen LogP contribution is 2.30. The lowest BCUT2D eigenvalue weighted by molar-refractivity contribution is 0.0927. The summed E-state index contributed by atoms with van der Waals surface area (Å²) in [5.41, 5.74) is 1.39. The zero-order valence-electron chi connectivity index (χ0n) is 11.5. The van der Waals surface area contributed by atoms with Crippen LogP contribution < -0.4 is 10.6 Å². The smallest absolute Gasteiger partial charge is 0.287 e. The van der Waals surface area contributed by atoms with Gasteiger partial charge in [0.25, 0.3) is 5.91 Å². The summed E-state index contributed by atoms with van der Waals surface area (Å²) in [6.45, 7) is 3.35. The second-order valence-electron chi connectivity index (χ2n) is 4.39. The molecular weight excluding hydrogens is 299 g/mol. The number of hydrogen-bond donors (Lipinski definition) is 2. The quantitative estimate of drug-likeness (QED) is 0.833. The van der Waals surface area contributed by atoms with E-state index in [0.29, 0.717) is 22.9 Å². The predicted molar refractivity (Wildman–Crippen MR) is 84.1 cm³/mol. The van der Waals surface area contributed by atoms with Crippen molar-refractivity contribution in [3.05, 3.63) is 34.5 Å². The lowest BCUT2D eigenvalue weighted by atomic mass is 10.1. The molecule has 0 unspecified atom stereocenters. The molecule has 20 heavy (non-hydrogen) atoms. The number of furan rings is 1. The van der Waals surface area contributed by atoms with E-state index in [0.717, 1.165) is 23.9 Å². The number of nitrogens with one attached hydrogen (secondary N) is 2. The van der Waals surface area contributed by atoms with Gasteiger partial charge in [-0.15, -0.1) is 12.4 Å². The fourth-order valence-corrected chi connectivity index (χ4v) is 2.19. The van der Waals surface area contributed by atoms with Gasteiger partial charge in [0.15, 0.2) is 11.3 Å². The minimum atomic E-state index is -0.194. The molecule has 0 atom stereocenters. The van der Waals surface area contributed by atoms with E-state index in [-0.39, 0.29) is 18.3 Å². The summed E-state index contributed by atoms with van der Waals surface area (Å²) in [6, 6.07) is 5.50. The van der Waals surface area contributed by atoms with Gasteiger partial charge < -0.3 is 15.1 Å². The van der Waals surface area contributed by atoms with Crippen LogP contribution in [0, 0.1) is 6.92 Å². The highest BCUT2D eigenvalue weighted by Gasteiger charge is 2.18. The van der Waals surface area contributed by atoms with Crippen molar-refractivity contribution in [1.29, 1.82) is 0 Å². The van der Waals surface area contributed by atoms with Gasteiger partial charge in [-0.05, 0) is 33.0 Å². The number of para-hydroxylation sites is 1. The zero-order chi connectivity index (χ0) is 13.8. The molecule has 1 aromatic carbocycles. The van der Waals surface area contributed by atoms with Crippen LogP contribution in [0.1, 0.15) is 22.5 Å². The van der Waals surface area contributed by atoms with Crippen LogP contribution in [0.3, 0.4) is 0 Å². The SMILES string of the molecule is CNCCCNC(=O)c1oc2c(Cl)cccc2c1C.Cl. The standard InChI is InChI=1S/C14H17ClN2O2.ClH/c1-9-10-5-3-6-11(15)13(10)19-12(9)14(18)17-8-4-7-16-2;/h3,5-6,16H,4,7-8H2,1-2H3,(H,17,18);1H. The summed E-state index contributed by atoms with van der Waals surface area (Å²) in [7, 11) is 1.88. The number of carbonyl (C=O) groups excluding carboxylic acids is 1. The highest BCUT2D eigenvalue weighted by atomic mass is 35.5. The first kappa shape index (κ1) is 16.8. The number of rotatable bonds is 5. The van der Waals surface area contributed by atoms with Gasteiger partial charge in [-0.25, -0.2) is 0 Å². The molecule has 2 rings (SSSR count). The van der Waals surface area contributed by atoms with E-state index < -0.39 is 0 Å². The number of benzene rings is 1. The molecule has 0 saturated heterocycles. The Labute approximate surface area is 129 Å². The molecule has 0 aliphatic rings. The van der Waals surface area contributed by atoms with E-state index in [1.54, 1.807) is 6.07 Å². The maximum atomic E-state index is 12.0. The molecule has 1 amide bonds. The van der Waals surface area contributed by atoms with Crippen LogP contribution in [0.15, 0.2) is 22.6 Å². The Morgan fingerprint density at radius 1 is 1.35 bits per heavy atom. The minimum absolute atomic E-state index is 0. The average molecular weight is 317 g/mol. The van der Waals surface area contributed by atoms with Crippen LogP contribution in [0.4, 0.5) is 0 Å². The Morgan fingerprint density at radius 2 is 2.10 bits per heavy atom. The summed E-state index contributed by atoms with van der Waals surface area (Å²) in [4.78, 5) is 12.0. The summed E-state index contributed by atoms with van der Waals surface area (Å²) in [5.74, 6) is 0.147. The summed E-state index contributed by atoms with van der Waals surface area (Å²) in [5, 5.41) is 7.27. The fourth-order valence-electron chi connectivity index (χ4n) is 1.97. The molecular formula is C14H18Cl2N2O2. The molecule has 4 nitrogen and oxygen atoms in total. The largest absolute Gasteiger partial charge is 0.449 e. The molecule has 0 radical (unpaired) electrons. The van der Waals surface area contributed by atoms with Crippen molar-refractivity contribution < 1.29 is 9.21 Å². The number of fused-ring (bicyclic) bond motifs is 1. The van der Waals surface area contributed by atoms with Gasteiger partial charge in [0, 0.05) is 17.5 Å². The average Bonchev–Trinajstić information content (AvgIpc) is 2.74. The number of aryl methyl sites for hydroxylation is 1. The molecule has 1 heterocycles. The topological polar surface area (TPSA) is 54.3 Å². The van der Waals surface area contributed by atoms with Crippen LogP contribution in [-0.4, -0.2) is 26.0 Å². The van der Waals surface area contributed by atoms with Gasteiger partial charge in [-0.3, -0.25) is 4.79 Å². The third-order valence-electron chi connectivity index (χ3n) is 3.01. The van der Waals surface area contributed by atoms with Crippen molar-refractivity contribution in [1.82, 2.24) is 10.6 Å². The highest BCUT2D eigenvalue weighted by molar-refractivity contribution is 6.35. The first-order valence-corrected chi connectivity index (χ1v) is 6.63. The fraction of sp³-hybridized carbons (Fsp3) is 0.357. The van der Waals surface area contributed by atoms with E-state index in [1.807, 2.05) is 26.1 Å². The van der Waals surface area contributed by atoms with Gasteiger partial charge in [-0.2, -0.15) is 0 Å². The molecule has 0 fully saturated rings. The Kier molecular flexibility index (Phi) is 6.33. The van der Waals surface area contributed by atoms with Gasteiger partial charge >= 0.3 is 0 Å². The number of hydrogen-bond acceptors (Lipinski definition) is 3. The second-order valence-corrected chi connectivity index (χ2v) is 4.79. The molecule has 0 aliphatic carbocycles. The molecule has 6 heteroatoms. The van der Waals surface area contributed by atoms with Crippen molar-refractivity contribution in [3.63, 3.8) is 0 Å². The molecule has 1 aromatic heterocycles. The van der Waals surface area contributed by atoms with E-state index in [1.165, 1.54) is 0 Å². The van der Waals surface area contributed by atoms with E-state index >= 15 is 0 Å². The third-order valence-corrected chi connectivity index (χ3v) is 3.31. The Balaban J connectivity index is 0.00000200. The van der Waals surface area contributed by atoms with E-state index in [4.69, 9.17) is 16.0 Å². The number of halogens is 2. The Morgan fingerprint density at radius 3 is 2.75 bits per heavy atom. The van der Waals surface area contributed by atoms with Crippen molar-refractivity contribution in [2.75, 3.05) is 20.1 Å². The maximum Gasteiger partial charge on any atom is 0.287 e. The van der Waals surface area contributed by atoms with Gasteiger partial charge in [-0.1, -0.05) is 23.7 Å². The number of carbonyl (C=O) groups is 1. The molecule has 0 bridgehead atoms. The monoisotopic (exact) mass is 316 g/mol. The maximum absolute atomic E-state index is 12.0. The van der Waals surface area contributed by atoms with Crippen LogP contribution in [0.25, 0.3) is 11.0 Å². The zero-order valence-corrected chi connectivity index (χ0v) is 13.0. The first-order valence-electron chi connectivity index (χ1n) is 6.25. The second kappa shape index (κ2) is 7.53. The Bertz CT molecular complexity index is 596. The Hall–Kier alpha value is -1.23. The normalized spacial score (nSPS) is 10.3. The van der Waals surface area contributed by atoms with Gasteiger partial charge in [0.2, 0.25) is 0 Å². The van der Waals surface area contributed by atoms with Crippen molar-refractivity contribution in [2.24, 2.45) is 0 Å². The molecule has 0 spiro atoms. The molecule has 0 aliphatic heterocycles. The van der Waals surface area contributed by atoms with Crippen molar-refractivity contribution in [3.8, 4) is 0 Å². The van der Waals surface area contributed by atoms with Crippen molar-refractivity contribution in [2.45, 2.75) is 13.3 Å². The molecule has 110 valence electrons. The van der Waals surface area contributed by atoms with Crippen molar-refractivity contribution >= 4 is 40.9 Å². The number of amides is 1. The van der Waals surface area contributed by atoms with E-state index in [9.17, 15) is 4.79 Å². The molecule has 2 N–H and O–H groups in total. The minimum Gasteiger partial charge on any atom is -0.449 e. The molecule has 0 saturated carbocycles. The van der Waals surface area contributed by atoms with Crippen LogP contribution in [0.5, 0.6) is 0 Å².